The summed E-state index contributed by atoms with van der Waals surface area (Å²) >= 11 is 2.87. The van der Waals surface area contributed by atoms with Gasteiger partial charge in [-0.15, -0.1) is 10.2 Å². The van der Waals surface area contributed by atoms with Crippen molar-refractivity contribution in [3.05, 3.63) is 60.2 Å². The van der Waals surface area contributed by atoms with Gasteiger partial charge in [0, 0.05) is 17.0 Å². The minimum atomic E-state index is -0.642. The van der Waals surface area contributed by atoms with Crippen molar-refractivity contribution in [2.24, 2.45) is 0 Å². The Hall–Kier alpha value is -2.42. The van der Waals surface area contributed by atoms with Crippen LogP contribution in [0.25, 0.3) is 0 Å². The van der Waals surface area contributed by atoms with Gasteiger partial charge in [0.1, 0.15) is 12.4 Å². The van der Waals surface area contributed by atoms with E-state index in [-0.39, 0.29) is 12.4 Å². The van der Waals surface area contributed by atoms with Crippen molar-refractivity contribution in [1.29, 1.82) is 0 Å². The van der Waals surface area contributed by atoms with Crippen molar-refractivity contribution in [3.8, 4) is 5.75 Å². The van der Waals surface area contributed by atoms with E-state index in [9.17, 15) is 9.90 Å². The Bertz CT molecular complexity index is 869. The van der Waals surface area contributed by atoms with Gasteiger partial charge >= 0.3 is 0 Å². The second-order valence-corrected chi connectivity index (χ2v) is 7.97. The molecule has 0 spiro atoms. The Labute approximate surface area is 165 Å². The molecule has 2 aromatic carbocycles. The van der Waals surface area contributed by atoms with E-state index >= 15 is 0 Å². The number of nitrogens with zero attached hydrogens (tertiary/aromatic N) is 2. The number of aliphatic hydroxyl groups excluding tert-OH is 1. The number of ketones is 1. The minimum Gasteiger partial charge on any atom is -0.491 e. The molecule has 0 aliphatic rings. The van der Waals surface area contributed by atoms with Gasteiger partial charge in [-0.3, -0.25) is 4.79 Å². The van der Waals surface area contributed by atoms with Crippen LogP contribution in [0.3, 0.4) is 0 Å². The monoisotopic (exact) mass is 401 g/mol. The van der Waals surface area contributed by atoms with Gasteiger partial charge in [0.2, 0.25) is 5.13 Å². The van der Waals surface area contributed by atoms with E-state index in [4.69, 9.17) is 4.74 Å². The van der Waals surface area contributed by atoms with Crippen LogP contribution in [0.4, 0.5) is 10.8 Å². The van der Waals surface area contributed by atoms with E-state index in [1.165, 1.54) is 30.0 Å². The first kappa shape index (κ1) is 19.3. The highest BCUT2D eigenvalue weighted by Gasteiger charge is 2.10. The molecule has 6 nitrogen and oxygen atoms in total. The predicted molar refractivity (Wildman–Crippen MR) is 108 cm³/mol. The van der Waals surface area contributed by atoms with Crippen LogP contribution in [0.5, 0.6) is 5.75 Å². The topological polar surface area (TPSA) is 84.3 Å². The van der Waals surface area contributed by atoms with E-state index in [0.717, 1.165) is 10.0 Å². The quantitative estimate of drug-likeness (QED) is 0.414. The van der Waals surface area contributed by atoms with Crippen molar-refractivity contribution in [2.45, 2.75) is 17.4 Å². The molecule has 0 aliphatic heterocycles. The normalized spacial score (nSPS) is 11.8. The average molecular weight is 402 g/mol. The minimum absolute atomic E-state index is 0.0103. The van der Waals surface area contributed by atoms with Crippen LogP contribution in [0.2, 0.25) is 0 Å². The number of rotatable bonds is 9. The molecule has 140 valence electrons. The maximum Gasteiger partial charge on any atom is 0.210 e. The summed E-state index contributed by atoms with van der Waals surface area (Å²) in [6.45, 7) is 1.69. The van der Waals surface area contributed by atoms with Crippen molar-refractivity contribution < 1.29 is 14.6 Å². The van der Waals surface area contributed by atoms with Gasteiger partial charge < -0.3 is 15.2 Å². The number of ether oxygens (including phenoxy) is 1. The van der Waals surface area contributed by atoms with Gasteiger partial charge in [0.15, 0.2) is 10.1 Å². The summed E-state index contributed by atoms with van der Waals surface area (Å²) in [5.74, 6) is 1.08. The summed E-state index contributed by atoms with van der Waals surface area (Å²) in [7, 11) is 0. The Morgan fingerprint density at radius 2 is 1.93 bits per heavy atom. The molecule has 27 heavy (non-hydrogen) atoms. The molecule has 1 heterocycles. The van der Waals surface area contributed by atoms with Crippen molar-refractivity contribution in [2.75, 3.05) is 17.7 Å². The number of benzene rings is 2. The van der Waals surface area contributed by atoms with Crippen LogP contribution in [-0.4, -0.2) is 39.6 Å². The lowest BCUT2D eigenvalue weighted by molar-refractivity contribution is 0.101. The number of thioether (sulfide) groups is 1. The molecule has 3 aromatic rings. The number of aliphatic hydroxyl groups is 1. The van der Waals surface area contributed by atoms with E-state index in [1.54, 1.807) is 24.3 Å². The SMILES string of the molecule is CC(=O)c1ccc(OC[C@H](O)CSc2nnc(Nc3ccccc3)s2)cc1. The summed E-state index contributed by atoms with van der Waals surface area (Å²) in [6.07, 6.45) is -0.642. The summed E-state index contributed by atoms with van der Waals surface area (Å²) in [4.78, 5) is 11.2. The van der Waals surface area contributed by atoms with Gasteiger partial charge in [-0.2, -0.15) is 0 Å². The number of aromatic nitrogens is 2. The number of carbonyl (C=O) groups is 1. The number of anilines is 2. The highest BCUT2D eigenvalue weighted by molar-refractivity contribution is 8.01. The standard InChI is InChI=1S/C19H19N3O3S2/c1-13(23)14-7-9-17(10-8-14)25-11-16(24)12-26-19-22-21-18(27-19)20-15-5-3-2-4-6-15/h2-10,16,24H,11-12H2,1H3,(H,20,21)/t16-/m0/s1. The van der Waals surface area contributed by atoms with Gasteiger partial charge in [0.05, 0.1) is 6.10 Å². The highest BCUT2D eigenvalue weighted by Crippen LogP contribution is 2.28. The zero-order chi connectivity index (χ0) is 19.1. The zero-order valence-electron chi connectivity index (χ0n) is 14.7. The fourth-order valence-corrected chi connectivity index (χ4v) is 3.86. The molecular weight excluding hydrogens is 382 g/mol. The van der Waals surface area contributed by atoms with Crippen LogP contribution in [0.1, 0.15) is 17.3 Å². The van der Waals surface area contributed by atoms with Gasteiger partial charge in [-0.1, -0.05) is 41.3 Å². The summed E-state index contributed by atoms with van der Waals surface area (Å²) < 4.78 is 6.33. The number of hydrogen-bond donors (Lipinski definition) is 2. The summed E-state index contributed by atoms with van der Waals surface area (Å²) in [6, 6.07) is 16.6. The fourth-order valence-electron chi connectivity index (χ4n) is 2.16. The van der Waals surface area contributed by atoms with Gasteiger partial charge in [-0.25, -0.2) is 0 Å². The van der Waals surface area contributed by atoms with E-state index in [1.807, 2.05) is 30.3 Å². The molecule has 0 amide bonds. The molecular formula is C19H19N3O3S2. The number of para-hydroxylation sites is 1. The Morgan fingerprint density at radius 3 is 2.63 bits per heavy atom. The van der Waals surface area contributed by atoms with Crippen LogP contribution in [0, 0.1) is 0 Å². The Kier molecular flexibility index (Phi) is 6.80. The average Bonchev–Trinajstić information content (AvgIpc) is 3.13. The van der Waals surface area contributed by atoms with Crippen LogP contribution < -0.4 is 10.1 Å². The Morgan fingerprint density at radius 1 is 1.19 bits per heavy atom. The second-order valence-electron chi connectivity index (χ2n) is 5.72. The first-order chi connectivity index (χ1) is 13.1. The highest BCUT2D eigenvalue weighted by atomic mass is 32.2. The third-order valence-corrected chi connectivity index (χ3v) is 5.65. The third-order valence-electron chi connectivity index (χ3n) is 3.53. The van der Waals surface area contributed by atoms with Crippen LogP contribution in [-0.2, 0) is 0 Å². The molecule has 0 aliphatic carbocycles. The largest absolute Gasteiger partial charge is 0.491 e. The maximum atomic E-state index is 11.2. The number of nitrogens with one attached hydrogen (secondary N) is 1. The first-order valence-electron chi connectivity index (χ1n) is 8.30. The predicted octanol–water partition coefficient (Wildman–Crippen LogP) is 4.02. The number of carbonyl (C=O) groups excluding carboxylic acids is 1. The molecule has 0 saturated heterocycles. The number of hydrogen-bond acceptors (Lipinski definition) is 8. The molecule has 8 heteroatoms. The van der Waals surface area contributed by atoms with E-state index in [0.29, 0.717) is 22.2 Å². The summed E-state index contributed by atoms with van der Waals surface area (Å²) in [5, 5.41) is 22.2. The zero-order valence-corrected chi connectivity index (χ0v) is 16.3. The van der Waals surface area contributed by atoms with Crippen molar-refractivity contribution in [1.82, 2.24) is 10.2 Å². The molecule has 0 fully saturated rings. The third kappa shape index (κ3) is 6.06. The fraction of sp³-hybridized carbons (Fsp3) is 0.211. The maximum absolute atomic E-state index is 11.2. The molecule has 1 atom stereocenters. The molecule has 0 radical (unpaired) electrons. The van der Waals surface area contributed by atoms with Gasteiger partial charge in [0.25, 0.3) is 0 Å². The smallest absolute Gasteiger partial charge is 0.210 e. The lowest BCUT2D eigenvalue weighted by atomic mass is 10.1. The van der Waals surface area contributed by atoms with Crippen LogP contribution in [0.15, 0.2) is 58.9 Å². The molecule has 0 saturated carbocycles. The molecule has 3 rings (SSSR count). The van der Waals surface area contributed by atoms with Crippen molar-refractivity contribution in [3.63, 3.8) is 0 Å². The number of Topliss-reactive ketones (excluding diaryl/α,β-unsaturated/α-hetero) is 1. The second kappa shape index (κ2) is 9.50. The lowest BCUT2D eigenvalue weighted by Gasteiger charge is -2.11. The first-order valence-corrected chi connectivity index (χ1v) is 10.1. The molecule has 1 aromatic heterocycles. The Balaban J connectivity index is 1.42. The lowest BCUT2D eigenvalue weighted by Crippen LogP contribution is -2.20. The van der Waals surface area contributed by atoms with Crippen molar-refractivity contribution >= 4 is 39.7 Å². The van der Waals surface area contributed by atoms with Crippen LogP contribution >= 0.6 is 23.1 Å². The molecule has 0 bridgehead atoms. The summed E-state index contributed by atoms with van der Waals surface area (Å²) in [5.41, 5.74) is 1.59. The van der Waals surface area contributed by atoms with E-state index in [2.05, 4.69) is 15.5 Å². The van der Waals surface area contributed by atoms with E-state index < -0.39 is 6.10 Å². The molecule has 2 N–H and O–H groups in total. The van der Waals surface area contributed by atoms with Gasteiger partial charge in [-0.05, 0) is 43.3 Å². The molecule has 0 unspecified atom stereocenters.